The summed E-state index contributed by atoms with van der Waals surface area (Å²) in [7, 11) is 3.50. The van der Waals surface area contributed by atoms with E-state index in [2.05, 4.69) is 36.4 Å². The molecule has 9 heteroatoms. The monoisotopic (exact) mass is 302 g/mol. The highest BCUT2D eigenvalue weighted by Gasteiger charge is 2.38. The fourth-order valence-electron chi connectivity index (χ4n) is 1.81. The molecule has 1 aromatic rings. The largest absolute Gasteiger partial charge is 0.368 e. The first kappa shape index (κ1) is 15.6. The number of nitrogen functional groups attached to an aromatic ring is 1. The Morgan fingerprint density at radius 3 is 2.64 bits per heavy atom. The summed E-state index contributed by atoms with van der Waals surface area (Å²) in [5.74, 6) is 2.46. The number of aromatic nitrogens is 3. The molecule has 0 atom stereocenters. The van der Waals surface area contributed by atoms with E-state index in [4.69, 9.17) is 12.2 Å². The molecule has 0 fully saturated rings. The SMILES string of the molecule is C#CCCC1(CCNC(=O)c2nc(N)nc(N(C)C)n2)N=N1. The van der Waals surface area contributed by atoms with Crippen LogP contribution in [-0.2, 0) is 0 Å². The number of nitrogens with two attached hydrogens (primary N) is 1. The zero-order valence-corrected chi connectivity index (χ0v) is 12.6. The quantitative estimate of drug-likeness (QED) is 0.694. The summed E-state index contributed by atoms with van der Waals surface area (Å²) in [6.07, 6.45) is 7.13. The Labute approximate surface area is 128 Å². The van der Waals surface area contributed by atoms with E-state index in [1.54, 1.807) is 19.0 Å². The number of anilines is 2. The van der Waals surface area contributed by atoms with E-state index in [0.717, 1.165) is 0 Å². The molecule has 0 spiro atoms. The van der Waals surface area contributed by atoms with Crippen molar-refractivity contribution in [1.29, 1.82) is 0 Å². The molecule has 1 amide bonds. The van der Waals surface area contributed by atoms with Crippen molar-refractivity contribution in [2.45, 2.75) is 24.9 Å². The van der Waals surface area contributed by atoms with Gasteiger partial charge in [0.25, 0.3) is 5.91 Å². The smallest absolute Gasteiger partial charge is 0.289 e. The number of hydrogen-bond acceptors (Lipinski definition) is 8. The Kier molecular flexibility index (Phi) is 4.50. The van der Waals surface area contributed by atoms with E-state index in [9.17, 15) is 4.79 Å². The van der Waals surface area contributed by atoms with Gasteiger partial charge in [0.15, 0.2) is 5.66 Å². The molecule has 22 heavy (non-hydrogen) atoms. The van der Waals surface area contributed by atoms with Gasteiger partial charge in [-0.05, 0) is 0 Å². The summed E-state index contributed by atoms with van der Waals surface area (Å²) < 4.78 is 0. The van der Waals surface area contributed by atoms with Gasteiger partial charge < -0.3 is 16.0 Å². The predicted molar refractivity (Wildman–Crippen MR) is 81.2 cm³/mol. The summed E-state index contributed by atoms with van der Waals surface area (Å²) >= 11 is 0. The third-order valence-corrected chi connectivity index (χ3v) is 3.11. The molecular formula is C13H18N8O. The molecule has 0 saturated heterocycles. The zero-order chi connectivity index (χ0) is 16.2. The molecule has 1 aliphatic rings. The molecule has 0 unspecified atom stereocenters. The van der Waals surface area contributed by atoms with Crippen LogP contribution < -0.4 is 16.0 Å². The Hall–Kier alpha value is -2.76. The summed E-state index contributed by atoms with van der Waals surface area (Å²) in [4.78, 5) is 25.5. The summed E-state index contributed by atoms with van der Waals surface area (Å²) in [5.41, 5.74) is 5.16. The first-order valence-corrected chi connectivity index (χ1v) is 6.80. The lowest BCUT2D eigenvalue weighted by atomic mass is 10.0. The van der Waals surface area contributed by atoms with Crippen molar-refractivity contribution in [3.8, 4) is 12.3 Å². The first-order chi connectivity index (χ1) is 10.5. The van der Waals surface area contributed by atoms with Gasteiger partial charge >= 0.3 is 0 Å². The molecule has 1 aromatic heterocycles. The van der Waals surface area contributed by atoms with Crippen LogP contribution in [0.3, 0.4) is 0 Å². The lowest BCUT2D eigenvalue weighted by molar-refractivity contribution is 0.0941. The molecule has 9 nitrogen and oxygen atoms in total. The topological polar surface area (TPSA) is 122 Å². The predicted octanol–water partition coefficient (Wildman–Crippen LogP) is 0.215. The number of carbonyl (C=O) groups is 1. The van der Waals surface area contributed by atoms with E-state index in [0.29, 0.717) is 31.8 Å². The molecule has 116 valence electrons. The van der Waals surface area contributed by atoms with E-state index in [-0.39, 0.29) is 11.8 Å². The Morgan fingerprint density at radius 1 is 1.32 bits per heavy atom. The number of amides is 1. The van der Waals surface area contributed by atoms with Crippen molar-refractivity contribution in [1.82, 2.24) is 20.3 Å². The maximum Gasteiger partial charge on any atom is 0.289 e. The molecule has 0 aromatic carbocycles. The van der Waals surface area contributed by atoms with Crippen molar-refractivity contribution in [2.24, 2.45) is 10.2 Å². The third kappa shape index (κ3) is 3.88. The number of rotatable bonds is 7. The second kappa shape index (κ2) is 6.34. The highest BCUT2D eigenvalue weighted by atomic mass is 16.2. The molecule has 0 aliphatic carbocycles. The Bertz CT molecular complexity index is 627. The van der Waals surface area contributed by atoms with E-state index in [1.807, 2.05) is 0 Å². The van der Waals surface area contributed by atoms with Crippen LogP contribution in [0.2, 0.25) is 0 Å². The molecule has 0 saturated carbocycles. The third-order valence-electron chi connectivity index (χ3n) is 3.11. The minimum absolute atomic E-state index is 0.00142. The Morgan fingerprint density at radius 2 is 2.05 bits per heavy atom. The van der Waals surface area contributed by atoms with Crippen molar-refractivity contribution < 1.29 is 4.79 Å². The van der Waals surface area contributed by atoms with E-state index in [1.165, 1.54) is 0 Å². The van der Waals surface area contributed by atoms with Gasteiger partial charge in [-0.15, -0.1) is 12.3 Å². The Balaban J connectivity index is 1.89. The van der Waals surface area contributed by atoms with Gasteiger partial charge in [-0.1, -0.05) is 0 Å². The normalized spacial score (nSPS) is 14.2. The molecule has 0 radical (unpaired) electrons. The number of carbonyl (C=O) groups excluding carboxylic acids is 1. The van der Waals surface area contributed by atoms with Crippen LogP contribution >= 0.6 is 0 Å². The second-order valence-corrected chi connectivity index (χ2v) is 5.10. The first-order valence-electron chi connectivity index (χ1n) is 6.80. The van der Waals surface area contributed by atoms with Crippen LogP contribution in [-0.4, -0.2) is 47.2 Å². The molecule has 1 aliphatic heterocycles. The van der Waals surface area contributed by atoms with E-state index >= 15 is 0 Å². The molecular weight excluding hydrogens is 284 g/mol. The van der Waals surface area contributed by atoms with Crippen molar-refractivity contribution in [3.63, 3.8) is 0 Å². The average molecular weight is 302 g/mol. The molecule has 0 bridgehead atoms. The van der Waals surface area contributed by atoms with Gasteiger partial charge in [0, 0.05) is 39.9 Å². The van der Waals surface area contributed by atoms with Gasteiger partial charge in [-0.2, -0.15) is 25.2 Å². The minimum atomic E-state index is -0.424. The van der Waals surface area contributed by atoms with Gasteiger partial charge in [0.2, 0.25) is 17.7 Å². The maximum atomic E-state index is 12.1. The van der Waals surface area contributed by atoms with E-state index < -0.39 is 11.6 Å². The van der Waals surface area contributed by atoms with Crippen LogP contribution in [0.5, 0.6) is 0 Å². The van der Waals surface area contributed by atoms with Gasteiger partial charge in [0.1, 0.15) is 0 Å². The summed E-state index contributed by atoms with van der Waals surface area (Å²) in [5, 5.41) is 10.7. The van der Waals surface area contributed by atoms with Crippen molar-refractivity contribution in [2.75, 3.05) is 31.3 Å². The number of terminal acetylenes is 1. The van der Waals surface area contributed by atoms with Crippen LogP contribution in [0, 0.1) is 12.3 Å². The van der Waals surface area contributed by atoms with Crippen LogP contribution in [0.25, 0.3) is 0 Å². The van der Waals surface area contributed by atoms with Crippen molar-refractivity contribution >= 4 is 17.8 Å². The second-order valence-electron chi connectivity index (χ2n) is 5.10. The lowest BCUT2D eigenvalue weighted by Crippen LogP contribution is -2.30. The molecule has 2 rings (SSSR count). The zero-order valence-electron chi connectivity index (χ0n) is 12.6. The summed E-state index contributed by atoms with van der Waals surface area (Å²) in [6.45, 7) is 0.402. The highest BCUT2D eigenvalue weighted by molar-refractivity contribution is 5.90. The molecule has 2 heterocycles. The standard InChI is InChI=1S/C13H18N8O/c1-4-5-6-13(19-20-13)7-8-15-10(22)9-16-11(14)18-12(17-9)21(2)3/h1H,5-8H2,2-3H3,(H,15,22)(H2,14,16,17,18). The van der Waals surface area contributed by atoms with Gasteiger partial charge in [0.05, 0.1) is 0 Å². The van der Waals surface area contributed by atoms with Crippen molar-refractivity contribution in [3.05, 3.63) is 5.82 Å². The number of nitrogens with zero attached hydrogens (tertiary/aromatic N) is 6. The average Bonchev–Trinajstić information content (AvgIpc) is 3.24. The number of nitrogens with one attached hydrogen (secondary N) is 1. The maximum absolute atomic E-state index is 12.1. The number of hydrogen-bond donors (Lipinski definition) is 2. The van der Waals surface area contributed by atoms with Gasteiger partial charge in [-0.25, -0.2) is 0 Å². The fourth-order valence-corrected chi connectivity index (χ4v) is 1.81. The minimum Gasteiger partial charge on any atom is -0.368 e. The van der Waals surface area contributed by atoms with Crippen LogP contribution in [0.15, 0.2) is 10.2 Å². The van der Waals surface area contributed by atoms with Gasteiger partial charge in [-0.3, -0.25) is 4.79 Å². The molecule has 3 N–H and O–H groups in total. The van der Waals surface area contributed by atoms with Crippen LogP contribution in [0.1, 0.15) is 29.9 Å². The fraction of sp³-hybridized carbons (Fsp3) is 0.538. The highest BCUT2D eigenvalue weighted by Crippen LogP contribution is 2.35. The van der Waals surface area contributed by atoms with Crippen LogP contribution in [0.4, 0.5) is 11.9 Å². The lowest BCUT2D eigenvalue weighted by Gasteiger charge is -2.12. The summed E-state index contributed by atoms with van der Waals surface area (Å²) in [6, 6.07) is 0.